The molecule has 0 bridgehead atoms. The minimum Gasteiger partial charge on any atom is -0.479 e. The largest absolute Gasteiger partial charge is 0.479 e. The number of para-hydroxylation sites is 1. The number of rotatable bonds is 2. The highest BCUT2D eigenvalue weighted by Gasteiger charge is 2.35. The minimum atomic E-state index is -0.488. The number of nitrogens with one attached hydrogen (secondary N) is 1. The number of amides is 1. The standard InChI is InChI=1S/C22H20ClN3O2/c23-15-11-14-12-20(22(27)26-9-7-24-8-10-26)28-21(14)18(13-15)16-5-6-25-19-4-2-1-3-17(16)19/h1-6,11,13,20,24H,7-10,12H2. The molecule has 0 radical (unpaired) electrons. The Hall–Kier alpha value is -2.63. The summed E-state index contributed by atoms with van der Waals surface area (Å²) in [6.45, 7) is 3.09. The van der Waals surface area contributed by atoms with Gasteiger partial charge in [-0.1, -0.05) is 29.8 Å². The van der Waals surface area contributed by atoms with Crippen molar-refractivity contribution in [2.75, 3.05) is 26.2 Å². The summed E-state index contributed by atoms with van der Waals surface area (Å²) in [5.74, 6) is 0.814. The molecule has 0 saturated carbocycles. The number of hydrogen-bond donors (Lipinski definition) is 1. The summed E-state index contributed by atoms with van der Waals surface area (Å²) >= 11 is 6.43. The minimum absolute atomic E-state index is 0.0550. The third kappa shape index (κ3) is 3.01. The Morgan fingerprint density at radius 1 is 1.14 bits per heavy atom. The van der Waals surface area contributed by atoms with Crippen molar-refractivity contribution in [2.45, 2.75) is 12.5 Å². The third-order valence-electron chi connectivity index (χ3n) is 5.44. The van der Waals surface area contributed by atoms with E-state index in [0.717, 1.165) is 59.5 Å². The molecule has 1 atom stereocenters. The molecular weight excluding hydrogens is 374 g/mol. The van der Waals surface area contributed by atoms with Crippen LogP contribution >= 0.6 is 11.6 Å². The zero-order chi connectivity index (χ0) is 19.1. The highest BCUT2D eigenvalue weighted by atomic mass is 35.5. The lowest BCUT2D eigenvalue weighted by Crippen LogP contribution is -2.50. The van der Waals surface area contributed by atoms with Crippen LogP contribution in [0.25, 0.3) is 22.0 Å². The normalized spacial score (nSPS) is 18.8. The van der Waals surface area contributed by atoms with Crippen molar-refractivity contribution in [1.82, 2.24) is 15.2 Å². The van der Waals surface area contributed by atoms with Gasteiger partial charge >= 0.3 is 0 Å². The number of fused-ring (bicyclic) bond motifs is 2. The molecule has 6 heteroatoms. The number of benzene rings is 2. The van der Waals surface area contributed by atoms with E-state index in [9.17, 15) is 4.79 Å². The number of aromatic nitrogens is 1. The van der Waals surface area contributed by atoms with Gasteiger partial charge in [-0.3, -0.25) is 9.78 Å². The van der Waals surface area contributed by atoms with E-state index in [1.807, 2.05) is 47.4 Å². The van der Waals surface area contributed by atoms with Crippen LogP contribution in [-0.2, 0) is 11.2 Å². The van der Waals surface area contributed by atoms with Gasteiger partial charge in [0, 0.05) is 60.3 Å². The summed E-state index contributed by atoms with van der Waals surface area (Å²) in [6, 6.07) is 13.8. The van der Waals surface area contributed by atoms with Crippen LogP contribution < -0.4 is 10.1 Å². The Balaban J connectivity index is 1.54. The average molecular weight is 394 g/mol. The van der Waals surface area contributed by atoms with Crippen LogP contribution in [-0.4, -0.2) is 48.1 Å². The van der Waals surface area contributed by atoms with Gasteiger partial charge in [-0.15, -0.1) is 0 Å². The molecule has 1 unspecified atom stereocenters. The fraction of sp³-hybridized carbons (Fsp3) is 0.273. The average Bonchev–Trinajstić information content (AvgIpc) is 3.17. The smallest absolute Gasteiger partial charge is 0.264 e. The van der Waals surface area contributed by atoms with Crippen molar-refractivity contribution >= 4 is 28.4 Å². The van der Waals surface area contributed by atoms with Gasteiger partial charge in [0.15, 0.2) is 6.10 Å². The lowest BCUT2D eigenvalue weighted by Gasteiger charge is -2.29. The molecule has 3 heterocycles. The van der Waals surface area contributed by atoms with E-state index in [1.54, 1.807) is 6.20 Å². The molecule has 142 valence electrons. The first kappa shape index (κ1) is 17.5. The van der Waals surface area contributed by atoms with Crippen LogP contribution in [0.15, 0.2) is 48.7 Å². The predicted octanol–water partition coefficient (Wildman–Crippen LogP) is 3.29. The van der Waals surface area contributed by atoms with Crippen molar-refractivity contribution in [2.24, 2.45) is 0 Å². The van der Waals surface area contributed by atoms with E-state index >= 15 is 0 Å². The first-order valence-electron chi connectivity index (χ1n) is 9.53. The summed E-state index contributed by atoms with van der Waals surface area (Å²) < 4.78 is 6.22. The molecule has 1 amide bonds. The third-order valence-corrected chi connectivity index (χ3v) is 5.66. The zero-order valence-corrected chi connectivity index (χ0v) is 16.1. The quantitative estimate of drug-likeness (QED) is 0.726. The fourth-order valence-corrected chi connectivity index (χ4v) is 4.32. The summed E-state index contributed by atoms with van der Waals surface area (Å²) in [4.78, 5) is 19.3. The highest BCUT2D eigenvalue weighted by molar-refractivity contribution is 6.31. The fourth-order valence-electron chi connectivity index (χ4n) is 4.08. The molecule has 1 aromatic heterocycles. The number of hydrogen-bond acceptors (Lipinski definition) is 4. The second kappa shape index (κ2) is 7.08. The molecule has 1 N–H and O–H groups in total. The highest BCUT2D eigenvalue weighted by Crippen LogP contribution is 2.43. The van der Waals surface area contributed by atoms with Crippen LogP contribution in [0, 0.1) is 0 Å². The maximum absolute atomic E-state index is 12.9. The molecule has 5 rings (SSSR count). The van der Waals surface area contributed by atoms with Gasteiger partial charge in [-0.05, 0) is 29.8 Å². The Morgan fingerprint density at radius 3 is 2.82 bits per heavy atom. The monoisotopic (exact) mass is 393 g/mol. The van der Waals surface area contributed by atoms with Crippen LogP contribution in [0.2, 0.25) is 5.02 Å². The topological polar surface area (TPSA) is 54.5 Å². The van der Waals surface area contributed by atoms with Crippen molar-refractivity contribution in [3.05, 3.63) is 59.2 Å². The Bertz CT molecular complexity index is 1060. The van der Waals surface area contributed by atoms with Crippen LogP contribution in [0.4, 0.5) is 0 Å². The molecule has 2 aliphatic heterocycles. The summed E-state index contributed by atoms with van der Waals surface area (Å²) in [7, 11) is 0. The first-order valence-corrected chi connectivity index (χ1v) is 9.91. The number of halogens is 1. The van der Waals surface area contributed by atoms with E-state index in [4.69, 9.17) is 16.3 Å². The molecule has 1 saturated heterocycles. The van der Waals surface area contributed by atoms with Gasteiger partial charge in [-0.25, -0.2) is 0 Å². The zero-order valence-electron chi connectivity index (χ0n) is 15.3. The van der Waals surface area contributed by atoms with Gasteiger partial charge < -0.3 is 15.0 Å². The van der Waals surface area contributed by atoms with Crippen molar-refractivity contribution < 1.29 is 9.53 Å². The SMILES string of the molecule is O=C(C1Cc2cc(Cl)cc(-c3ccnc4ccccc34)c2O1)N1CCNCC1. The van der Waals surface area contributed by atoms with E-state index in [-0.39, 0.29) is 5.91 Å². The molecule has 2 aromatic carbocycles. The lowest BCUT2D eigenvalue weighted by molar-refractivity contribution is -0.138. The Morgan fingerprint density at radius 2 is 1.96 bits per heavy atom. The van der Waals surface area contributed by atoms with E-state index in [0.29, 0.717) is 11.4 Å². The van der Waals surface area contributed by atoms with Crippen LogP contribution in [0.1, 0.15) is 5.56 Å². The van der Waals surface area contributed by atoms with Crippen LogP contribution in [0.3, 0.4) is 0 Å². The first-order chi connectivity index (χ1) is 13.7. The summed E-state index contributed by atoms with van der Waals surface area (Å²) in [5, 5.41) is 4.96. The van der Waals surface area contributed by atoms with Crippen molar-refractivity contribution in [1.29, 1.82) is 0 Å². The van der Waals surface area contributed by atoms with Crippen molar-refractivity contribution in [3.63, 3.8) is 0 Å². The molecular formula is C22H20ClN3O2. The number of pyridine rings is 1. The van der Waals surface area contributed by atoms with Gasteiger partial charge in [0.05, 0.1) is 5.52 Å². The lowest BCUT2D eigenvalue weighted by atomic mass is 9.97. The molecule has 0 aliphatic carbocycles. The molecule has 3 aromatic rings. The predicted molar refractivity (Wildman–Crippen MR) is 110 cm³/mol. The maximum Gasteiger partial charge on any atom is 0.264 e. The van der Waals surface area contributed by atoms with Gasteiger partial charge in [0.2, 0.25) is 0 Å². The van der Waals surface area contributed by atoms with Gasteiger partial charge in [0.1, 0.15) is 5.75 Å². The molecule has 0 spiro atoms. The van der Waals surface area contributed by atoms with Crippen molar-refractivity contribution in [3.8, 4) is 16.9 Å². The molecule has 28 heavy (non-hydrogen) atoms. The molecule has 5 nitrogen and oxygen atoms in total. The number of ether oxygens (including phenoxy) is 1. The van der Waals surface area contributed by atoms with E-state index in [1.165, 1.54) is 0 Å². The molecule has 2 aliphatic rings. The number of nitrogens with zero attached hydrogens (tertiary/aromatic N) is 2. The second-order valence-electron chi connectivity index (χ2n) is 7.20. The number of carbonyl (C=O) groups is 1. The van der Waals surface area contributed by atoms with Gasteiger partial charge in [-0.2, -0.15) is 0 Å². The summed E-state index contributed by atoms with van der Waals surface area (Å²) in [6.07, 6.45) is 1.86. The Labute approximate surface area is 168 Å². The second-order valence-corrected chi connectivity index (χ2v) is 7.64. The van der Waals surface area contributed by atoms with E-state index in [2.05, 4.69) is 10.3 Å². The summed E-state index contributed by atoms with van der Waals surface area (Å²) in [5.41, 5.74) is 3.83. The van der Waals surface area contributed by atoms with E-state index < -0.39 is 6.10 Å². The number of carbonyl (C=O) groups excluding carboxylic acids is 1. The molecule has 1 fully saturated rings. The Kier molecular flexibility index (Phi) is 4.41. The maximum atomic E-state index is 12.9. The number of piperazine rings is 1. The van der Waals surface area contributed by atoms with Gasteiger partial charge in [0.25, 0.3) is 5.91 Å². The van der Waals surface area contributed by atoms with Crippen LogP contribution in [0.5, 0.6) is 5.75 Å².